The van der Waals surface area contributed by atoms with E-state index in [0.29, 0.717) is 17.2 Å². The van der Waals surface area contributed by atoms with Gasteiger partial charge in [0.1, 0.15) is 17.2 Å². The van der Waals surface area contributed by atoms with Crippen LogP contribution in [0.4, 0.5) is 5.69 Å². The number of rotatable bonds is 7. The number of hydrogen-bond donors (Lipinski definition) is 1. The SMILES string of the molecule is COc1ccc(C(C)NC(=O)c2ccc(-n3ccnc3)c([N+](=O)[O-])c2)c(OC)c1. The predicted molar refractivity (Wildman–Crippen MR) is 106 cm³/mol. The van der Waals surface area contributed by atoms with E-state index in [4.69, 9.17) is 9.47 Å². The lowest BCUT2D eigenvalue weighted by molar-refractivity contribution is -0.384. The monoisotopic (exact) mass is 396 g/mol. The summed E-state index contributed by atoms with van der Waals surface area (Å²) in [6.07, 6.45) is 4.58. The third kappa shape index (κ3) is 4.18. The first-order chi connectivity index (χ1) is 13.9. The van der Waals surface area contributed by atoms with Gasteiger partial charge in [0, 0.05) is 35.7 Å². The zero-order valence-electron chi connectivity index (χ0n) is 16.2. The first-order valence-electron chi connectivity index (χ1n) is 8.74. The summed E-state index contributed by atoms with van der Waals surface area (Å²) >= 11 is 0. The molecule has 0 aliphatic rings. The molecule has 0 saturated heterocycles. The van der Waals surface area contributed by atoms with Crippen LogP contribution in [-0.4, -0.2) is 34.6 Å². The average molecular weight is 396 g/mol. The summed E-state index contributed by atoms with van der Waals surface area (Å²) in [7, 11) is 3.09. The highest BCUT2D eigenvalue weighted by atomic mass is 16.6. The van der Waals surface area contributed by atoms with E-state index in [-0.39, 0.29) is 11.3 Å². The molecule has 1 amide bonds. The number of ether oxygens (including phenoxy) is 2. The van der Waals surface area contributed by atoms with Crippen LogP contribution in [0.15, 0.2) is 55.1 Å². The maximum absolute atomic E-state index is 12.7. The zero-order chi connectivity index (χ0) is 21.0. The van der Waals surface area contributed by atoms with Gasteiger partial charge in [0.25, 0.3) is 11.6 Å². The summed E-state index contributed by atoms with van der Waals surface area (Å²) < 4.78 is 12.1. The fourth-order valence-corrected chi connectivity index (χ4v) is 2.96. The Kier molecular flexibility index (Phi) is 5.77. The van der Waals surface area contributed by atoms with E-state index in [9.17, 15) is 14.9 Å². The molecule has 1 aromatic heterocycles. The molecule has 29 heavy (non-hydrogen) atoms. The highest BCUT2D eigenvalue weighted by Crippen LogP contribution is 2.30. The maximum atomic E-state index is 12.7. The minimum absolute atomic E-state index is 0.180. The van der Waals surface area contributed by atoms with Gasteiger partial charge in [-0.25, -0.2) is 4.98 Å². The van der Waals surface area contributed by atoms with Crippen molar-refractivity contribution in [3.05, 3.63) is 76.4 Å². The van der Waals surface area contributed by atoms with Crippen LogP contribution < -0.4 is 14.8 Å². The Morgan fingerprint density at radius 2 is 2.00 bits per heavy atom. The van der Waals surface area contributed by atoms with Crippen molar-refractivity contribution < 1.29 is 19.2 Å². The normalized spacial score (nSPS) is 11.6. The molecule has 0 bridgehead atoms. The molecule has 0 aliphatic carbocycles. The molecule has 1 atom stereocenters. The van der Waals surface area contributed by atoms with Crippen molar-refractivity contribution in [3.63, 3.8) is 0 Å². The lowest BCUT2D eigenvalue weighted by atomic mass is 10.1. The number of carbonyl (C=O) groups excluding carboxylic acids is 1. The van der Waals surface area contributed by atoms with Gasteiger partial charge < -0.3 is 19.4 Å². The Balaban J connectivity index is 1.86. The van der Waals surface area contributed by atoms with Crippen LogP contribution in [0.3, 0.4) is 0 Å². The first-order valence-corrected chi connectivity index (χ1v) is 8.74. The molecule has 3 aromatic rings. The van der Waals surface area contributed by atoms with Crippen molar-refractivity contribution in [1.29, 1.82) is 0 Å². The fraction of sp³-hybridized carbons (Fsp3) is 0.200. The fourth-order valence-electron chi connectivity index (χ4n) is 2.96. The van der Waals surface area contributed by atoms with Crippen LogP contribution in [0.1, 0.15) is 28.9 Å². The largest absolute Gasteiger partial charge is 0.497 e. The molecule has 0 fully saturated rings. The topological polar surface area (TPSA) is 109 Å². The molecule has 1 heterocycles. The number of amides is 1. The second-order valence-corrected chi connectivity index (χ2v) is 6.23. The molecule has 150 valence electrons. The van der Waals surface area contributed by atoms with Gasteiger partial charge >= 0.3 is 0 Å². The molecular weight excluding hydrogens is 376 g/mol. The summed E-state index contributed by atoms with van der Waals surface area (Å²) in [5, 5.41) is 14.3. The summed E-state index contributed by atoms with van der Waals surface area (Å²) in [6.45, 7) is 1.80. The highest BCUT2D eigenvalue weighted by Gasteiger charge is 2.21. The lowest BCUT2D eigenvalue weighted by Gasteiger charge is -2.18. The van der Waals surface area contributed by atoms with Gasteiger partial charge in [0.2, 0.25) is 0 Å². The summed E-state index contributed by atoms with van der Waals surface area (Å²) in [4.78, 5) is 27.6. The Morgan fingerprint density at radius 1 is 1.21 bits per heavy atom. The van der Waals surface area contributed by atoms with Crippen molar-refractivity contribution in [2.75, 3.05) is 14.2 Å². The van der Waals surface area contributed by atoms with E-state index < -0.39 is 16.9 Å². The number of nitro benzene ring substituents is 1. The molecule has 0 radical (unpaired) electrons. The molecule has 0 spiro atoms. The highest BCUT2D eigenvalue weighted by molar-refractivity contribution is 5.95. The van der Waals surface area contributed by atoms with Crippen LogP contribution in [0.25, 0.3) is 5.69 Å². The van der Waals surface area contributed by atoms with Gasteiger partial charge in [0.15, 0.2) is 0 Å². The Morgan fingerprint density at radius 3 is 2.62 bits per heavy atom. The second-order valence-electron chi connectivity index (χ2n) is 6.23. The van der Waals surface area contributed by atoms with Crippen LogP contribution in [0, 0.1) is 10.1 Å². The third-order valence-electron chi connectivity index (χ3n) is 4.47. The van der Waals surface area contributed by atoms with Crippen LogP contribution >= 0.6 is 0 Å². The number of aromatic nitrogens is 2. The number of imidazole rings is 1. The molecular formula is C20H20N4O5. The van der Waals surface area contributed by atoms with Crippen LogP contribution in [0.5, 0.6) is 11.5 Å². The molecule has 0 saturated carbocycles. The third-order valence-corrected chi connectivity index (χ3v) is 4.47. The van der Waals surface area contributed by atoms with Gasteiger partial charge in [-0.1, -0.05) is 0 Å². The second kappa shape index (κ2) is 8.42. The van der Waals surface area contributed by atoms with E-state index in [1.165, 1.54) is 42.4 Å². The lowest BCUT2D eigenvalue weighted by Crippen LogP contribution is -2.27. The van der Waals surface area contributed by atoms with Gasteiger partial charge in [-0.15, -0.1) is 0 Å². The van der Waals surface area contributed by atoms with Gasteiger partial charge in [-0.3, -0.25) is 14.9 Å². The van der Waals surface area contributed by atoms with Crippen molar-refractivity contribution >= 4 is 11.6 Å². The maximum Gasteiger partial charge on any atom is 0.294 e. The summed E-state index contributed by atoms with van der Waals surface area (Å²) in [6, 6.07) is 9.21. The van der Waals surface area contributed by atoms with E-state index in [1.807, 2.05) is 0 Å². The molecule has 9 heteroatoms. The molecule has 9 nitrogen and oxygen atoms in total. The van der Waals surface area contributed by atoms with Gasteiger partial charge in [-0.05, 0) is 31.2 Å². The molecule has 2 aromatic carbocycles. The number of methoxy groups -OCH3 is 2. The predicted octanol–water partition coefficient (Wildman–Crippen LogP) is 3.29. The molecule has 1 N–H and O–H groups in total. The smallest absolute Gasteiger partial charge is 0.294 e. The van der Waals surface area contributed by atoms with Crippen LogP contribution in [0.2, 0.25) is 0 Å². The zero-order valence-corrected chi connectivity index (χ0v) is 16.2. The number of nitrogens with zero attached hydrogens (tertiary/aromatic N) is 3. The summed E-state index contributed by atoms with van der Waals surface area (Å²) in [5.74, 6) is 0.768. The molecule has 3 rings (SSSR count). The first kappa shape index (κ1) is 19.9. The van der Waals surface area contributed by atoms with Gasteiger partial charge in [-0.2, -0.15) is 0 Å². The van der Waals surface area contributed by atoms with E-state index in [2.05, 4.69) is 10.3 Å². The number of carbonyl (C=O) groups is 1. The summed E-state index contributed by atoms with van der Waals surface area (Å²) in [5.41, 5.74) is 1.07. The Bertz CT molecular complexity index is 1030. The van der Waals surface area contributed by atoms with Crippen molar-refractivity contribution in [2.24, 2.45) is 0 Å². The number of nitrogens with one attached hydrogen (secondary N) is 1. The van der Waals surface area contributed by atoms with E-state index in [1.54, 1.807) is 38.4 Å². The Labute approximate surface area is 167 Å². The number of hydrogen-bond acceptors (Lipinski definition) is 6. The van der Waals surface area contributed by atoms with Crippen molar-refractivity contribution in [1.82, 2.24) is 14.9 Å². The quantitative estimate of drug-likeness (QED) is 0.485. The molecule has 0 aliphatic heterocycles. The van der Waals surface area contributed by atoms with Gasteiger partial charge in [0.05, 0.1) is 31.5 Å². The number of benzene rings is 2. The van der Waals surface area contributed by atoms with Crippen LogP contribution in [-0.2, 0) is 0 Å². The van der Waals surface area contributed by atoms with Crippen molar-refractivity contribution in [3.8, 4) is 17.2 Å². The minimum atomic E-state index is -0.526. The van der Waals surface area contributed by atoms with E-state index >= 15 is 0 Å². The molecule has 1 unspecified atom stereocenters. The number of nitro groups is 1. The standard InChI is InChI=1S/C20H20N4O5/c1-13(16-6-5-15(28-2)11-19(16)29-3)22-20(25)14-4-7-17(18(10-14)24(26)27)23-9-8-21-12-23/h4-13H,1-3H3,(H,22,25). The Hall–Kier alpha value is -3.88. The van der Waals surface area contributed by atoms with E-state index in [0.717, 1.165) is 5.56 Å². The van der Waals surface area contributed by atoms with Crippen molar-refractivity contribution in [2.45, 2.75) is 13.0 Å². The average Bonchev–Trinajstić information content (AvgIpc) is 3.27. The minimum Gasteiger partial charge on any atom is -0.497 e.